The predicted octanol–water partition coefficient (Wildman–Crippen LogP) is -1.85. The second-order valence-electron chi connectivity index (χ2n) is 7.08. The molecule has 2 heterocycles. The Morgan fingerprint density at radius 2 is 1.59 bits per heavy atom. The number of rotatable bonds is 4. The van der Waals surface area contributed by atoms with E-state index in [1.807, 2.05) is 5.01 Å². The van der Waals surface area contributed by atoms with Crippen molar-refractivity contribution >= 4 is 15.9 Å². The summed E-state index contributed by atoms with van der Waals surface area (Å²) in [5.41, 5.74) is 3.26. The number of benzene rings is 1. The minimum Gasteiger partial charge on any atom is -1.00 e. The van der Waals surface area contributed by atoms with Gasteiger partial charge in [0.2, 0.25) is 10.0 Å². The lowest BCUT2D eigenvalue weighted by molar-refractivity contribution is -0.0000180. The first kappa shape index (κ1) is 22.1. The van der Waals surface area contributed by atoms with E-state index in [4.69, 9.17) is 0 Å². The van der Waals surface area contributed by atoms with Gasteiger partial charge in [-0.15, -0.1) is 0 Å². The van der Waals surface area contributed by atoms with Gasteiger partial charge in [-0.2, -0.15) is 4.31 Å². The van der Waals surface area contributed by atoms with Gasteiger partial charge in [0.25, 0.3) is 5.91 Å². The first-order chi connectivity index (χ1) is 12.5. The molecule has 0 aromatic heterocycles. The lowest BCUT2D eigenvalue weighted by Crippen LogP contribution is -3.00. The van der Waals surface area contributed by atoms with Crippen LogP contribution in [0.5, 0.6) is 0 Å². The number of sulfonamides is 1. The van der Waals surface area contributed by atoms with Crippen molar-refractivity contribution in [3.63, 3.8) is 0 Å². The van der Waals surface area contributed by atoms with Crippen LogP contribution in [-0.2, 0) is 10.0 Å². The Balaban J connectivity index is 0.00000261. The van der Waals surface area contributed by atoms with Gasteiger partial charge in [0.05, 0.1) is 4.90 Å². The monoisotopic (exact) mass is 415 g/mol. The highest BCUT2D eigenvalue weighted by molar-refractivity contribution is 7.89. The molecular weight excluding hydrogens is 388 g/mol. The SMILES string of the molecule is CN1CCN(NC(=O)c2cccc(S(=O)(=O)N3CCCCCC3)c2)CC1.[Cl-]. The molecule has 0 unspecified atom stereocenters. The largest absolute Gasteiger partial charge is 1.00 e. The van der Waals surface area contributed by atoms with Crippen molar-refractivity contribution in [2.24, 2.45) is 0 Å². The van der Waals surface area contributed by atoms with Crippen LogP contribution in [0.15, 0.2) is 29.2 Å². The molecule has 3 rings (SSSR count). The Morgan fingerprint density at radius 1 is 0.963 bits per heavy atom. The minimum atomic E-state index is -3.55. The maximum absolute atomic E-state index is 12.9. The van der Waals surface area contributed by atoms with Crippen LogP contribution in [0.4, 0.5) is 0 Å². The van der Waals surface area contributed by atoms with E-state index in [0.717, 1.165) is 51.9 Å². The summed E-state index contributed by atoms with van der Waals surface area (Å²) < 4.78 is 27.4. The summed E-state index contributed by atoms with van der Waals surface area (Å²) in [5, 5.41) is 1.89. The zero-order valence-corrected chi connectivity index (χ0v) is 17.3. The number of nitrogens with one attached hydrogen (secondary N) is 1. The number of hydrogen-bond donors (Lipinski definition) is 1. The van der Waals surface area contributed by atoms with Gasteiger partial charge in [0, 0.05) is 44.8 Å². The molecule has 1 N–H and O–H groups in total. The topological polar surface area (TPSA) is 73.0 Å². The summed E-state index contributed by atoms with van der Waals surface area (Å²) in [6, 6.07) is 6.37. The standard InChI is InChI=1S/C18H28N4O3S.ClH/c1-20-11-13-21(14-12-20)19-18(23)16-7-6-8-17(15-16)26(24,25)22-9-4-2-3-5-10-22;/h6-8,15H,2-5,9-14H2,1H3,(H,19,23);1H/p-1. The van der Waals surface area contributed by atoms with Gasteiger partial charge in [-0.3, -0.25) is 10.2 Å². The zero-order chi connectivity index (χ0) is 18.6. The van der Waals surface area contributed by atoms with Crippen LogP contribution >= 0.6 is 0 Å². The highest BCUT2D eigenvalue weighted by Gasteiger charge is 2.26. The minimum absolute atomic E-state index is 0. The molecule has 0 bridgehead atoms. The molecule has 1 amide bonds. The van der Waals surface area contributed by atoms with Crippen LogP contribution in [-0.4, -0.2) is 74.9 Å². The van der Waals surface area contributed by atoms with E-state index in [1.54, 1.807) is 22.5 Å². The van der Waals surface area contributed by atoms with E-state index in [-0.39, 0.29) is 23.2 Å². The van der Waals surface area contributed by atoms with Crippen LogP contribution in [0.3, 0.4) is 0 Å². The Kier molecular flexibility index (Phi) is 8.05. The van der Waals surface area contributed by atoms with E-state index in [1.165, 1.54) is 6.07 Å². The first-order valence-corrected chi connectivity index (χ1v) is 10.8. The fourth-order valence-electron chi connectivity index (χ4n) is 3.36. The lowest BCUT2D eigenvalue weighted by atomic mass is 10.2. The molecule has 2 aliphatic rings. The molecule has 0 spiro atoms. The fraction of sp³-hybridized carbons (Fsp3) is 0.611. The van der Waals surface area contributed by atoms with E-state index in [2.05, 4.69) is 17.4 Å². The zero-order valence-electron chi connectivity index (χ0n) is 15.7. The van der Waals surface area contributed by atoms with E-state index in [0.29, 0.717) is 18.7 Å². The molecule has 0 saturated carbocycles. The van der Waals surface area contributed by atoms with Gasteiger partial charge >= 0.3 is 0 Å². The third-order valence-corrected chi connectivity index (χ3v) is 6.96. The molecule has 2 saturated heterocycles. The predicted molar refractivity (Wildman–Crippen MR) is 100 cm³/mol. The van der Waals surface area contributed by atoms with Crippen molar-refractivity contribution in [2.75, 3.05) is 46.3 Å². The highest BCUT2D eigenvalue weighted by Crippen LogP contribution is 2.21. The highest BCUT2D eigenvalue weighted by atomic mass is 35.5. The van der Waals surface area contributed by atoms with Gasteiger partial charge in [-0.1, -0.05) is 18.9 Å². The number of carbonyl (C=O) groups excluding carboxylic acids is 1. The maximum Gasteiger partial charge on any atom is 0.265 e. The number of hydrazine groups is 1. The van der Waals surface area contributed by atoms with Gasteiger partial charge in [0.1, 0.15) is 0 Å². The van der Waals surface area contributed by atoms with Gasteiger partial charge < -0.3 is 17.3 Å². The second kappa shape index (κ2) is 9.84. The van der Waals surface area contributed by atoms with Gasteiger partial charge in [0.15, 0.2) is 0 Å². The Hall–Kier alpha value is -1.19. The fourth-order valence-corrected chi connectivity index (χ4v) is 4.92. The maximum atomic E-state index is 12.9. The quantitative estimate of drug-likeness (QED) is 0.625. The Morgan fingerprint density at radius 3 is 2.22 bits per heavy atom. The summed E-state index contributed by atoms with van der Waals surface area (Å²) in [7, 11) is -1.50. The van der Waals surface area contributed by atoms with Crippen molar-refractivity contribution in [3.8, 4) is 0 Å². The van der Waals surface area contributed by atoms with Crippen LogP contribution in [0, 0.1) is 0 Å². The smallest absolute Gasteiger partial charge is 0.265 e. The van der Waals surface area contributed by atoms with E-state index >= 15 is 0 Å². The molecule has 0 aliphatic carbocycles. The molecule has 1 aromatic carbocycles. The van der Waals surface area contributed by atoms with Gasteiger partial charge in [-0.25, -0.2) is 13.4 Å². The van der Waals surface area contributed by atoms with Crippen LogP contribution in [0.2, 0.25) is 0 Å². The number of halogens is 1. The number of nitrogens with zero attached hydrogens (tertiary/aromatic N) is 3. The molecule has 152 valence electrons. The average molecular weight is 416 g/mol. The molecular formula is C18H28ClN4O3S-. The van der Waals surface area contributed by atoms with Crippen LogP contribution < -0.4 is 17.8 Å². The lowest BCUT2D eigenvalue weighted by Gasteiger charge is -2.32. The van der Waals surface area contributed by atoms with Crippen molar-refractivity contribution in [3.05, 3.63) is 29.8 Å². The Bertz CT molecular complexity index is 728. The second-order valence-corrected chi connectivity index (χ2v) is 9.02. The summed E-state index contributed by atoms with van der Waals surface area (Å²) in [6.45, 7) is 4.41. The van der Waals surface area contributed by atoms with E-state index < -0.39 is 10.0 Å². The molecule has 0 atom stereocenters. The summed E-state index contributed by atoms with van der Waals surface area (Å²) >= 11 is 0. The molecule has 2 aliphatic heterocycles. The van der Waals surface area contributed by atoms with Crippen molar-refractivity contribution in [1.29, 1.82) is 0 Å². The third kappa shape index (κ3) is 5.65. The molecule has 0 radical (unpaired) electrons. The summed E-state index contributed by atoms with van der Waals surface area (Å²) in [5.74, 6) is -0.262. The van der Waals surface area contributed by atoms with E-state index in [9.17, 15) is 13.2 Å². The average Bonchev–Trinajstić information content (AvgIpc) is 2.94. The molecule has 7 nitrogen and oxygen atoms in total. The van der Waals surface area contributed by atoms with Crippen LogP contribution in [0.1, 0.15) is 36.0 Å². The van der Waals surface area contributed by atoms with Crippen molar-refractivity contribution in [2.45, 2.75) is 30.6 Å². The van der Waals surface area contributed by atoms with Crippen molar-refractivity contribution in [1.82, 2.24) is 19.6 Å². The molecule has 2 fully saturated rings. The van der Waals surface area contributed by atoms with Crippen LogP contribution in [0.25, 0.3) is 0 Å². The number of carbonyl (C=O) groups is 1. The molecule has 1 aromatic rings. The number of hydrogen-bond acceptors (Lipinski definition) is 5. The summed E-state index contributed by atoms with van der Waals surface area (Å²) in [4.78, 5) is 14.9. The molecule has 27 heavy (non-hydrogen) atoms. The normalized spacial score (nSPS) is 20.5. The van der Waals surface area contributed by atoms with Crippen molar-refractivity contribution < 1.29 is 25.6 Å². The van der Waals surface area contributed by atoms with Gasteiger partial charge in [-0.05, 0) is 38.1 Å². The third-order valence-electron chi connectivity index (χ3n) is 5.06. The Labute approximate surface area is 168 Å². The first-order valence-electron chi connectivity index (χ1n) is 9.31. The number of piperazine rings is 1. The number of likely N-dealkylation sites (N-methyl/N-ethyl adjacent to an activating group) is 1. The summed E-state index contributed by atoms with van der Waals surface area (Å²) in [6.07, 6.45) is 3.92. The molecule has 9 heteroatoms. The number of amides is 1.